The lowest BCUT2D eigenvalue weighted by Crippen LogP contribution is -2.36. The predicted molar refractivity (Wildman–Crippen MR) is 269 cm³/mol. The Morgan fingerprint density at radius 2 is 0.625 bits per heavy atom. The summed E-state index contributed by atoms with van der Waals surface area (Å²) in [5.74, 6) is 0. The van der Waals surface area contributed by atoms with Crippen LogP contribution in [0.4, 0.5) is 17.1 Å². The van der Waals surface area contributed by atoms with Crippen LogP contribution in [0.1, 0.15) is 22.3 Å². The molecule has 11 aromatic rings. The van der Waals surface area contributed by atoms with Gasteiger partial charge >= 0.3 is 0 Å². The molecule has 13 rings (SSSR count). The van der Waals surface area contributed by atoms with Crippen molar-refractivity contribution < 1.29 is 0 Å². The smallest absolute Gasteiger partial charge is 0.0754 e. The minimum absolute atomic E-state index is 0.627. The van der Waals surface area contributed by atoms with Gasteiger partial charge in [-0.05, 0) is 136 Å². The Kier molecular flexibility index (Phi) is 8.20. The number of anilines is 3. The summed E-state index contributed by atoms with van der Waals surface area (Å²) in [6.07, 6.45) is 0. The average molecular weight is 812 g/mol. The summed E-state index contributed by atoms with van der Waals surface area (Å²) in [4.78, 5) is 2.50. The van der Waals surface area contributed by atoms with Crippen LogP contribution in [0.5, 0.6) is 0 Å². The molecule has 2 aliphatic rings. The number of rotatable bonds is 5. The molecule has 0 unspecified atom stereocenters. The Morgan fingerprint density at radius 1 is 0.250 bits per heavy atom. The molecule has 0 N–H and O–H groups in total. The molecular formula is C63H41N. The third kappa shape index (κ3) is 5.31. The molecule has 0 saturated carbocycles. The molecule has 1 aliphatic carbocycles. The maximum Gasteiger partial charge on any atom is 0.0754 e. The van der Waals surface area contributed by atoms with Gasteiger partial charge in [0.25, 0.3) is 0 Å². The standard InChI is InChI=1S/C63H41N/c1-2-22-46(23-3-1)64-61-38-36-44(49-26-8-10-28-51(49)53-32-16-20-42-18-4-6-24-47(42)53)40-59(61)63(57-34-14-12-30-55(57)56-31-13-15-35-58(56)63)60-41-45(37-39-62(60)64)50-27-9-11-29-52(50)54-33-17-21-43-19-5-7-25-48(43)54/h1-41H. The fourth-order valence-corrected chi connectivity index (χ4v) is 11.2. The summed E-state index contributed by atoms with van der Waals surface area (Å²) in [6, 6.07) is 92.4. The first-order valence-corrected chi connectivity index (χ1v) is 22.3. The molecule has 1 heterocycles. The van der Waals surface area contributed by atoms with Gasteiger partial charge in [0.05, 0.1) is 16.8 Å². The first-order chi connectivity index (χ1) is 31.8. The SMILES string of the molecule is c1ccc(N2c3ccc(-c4ccccc4-c4cccc5ccccc45)cc3C3(c4ccccc4-c4ccccc43)c3cc(-c4ccccc4-c4cccc5ccccc45)ccc32)cc1. The zero-order valence-corrected chi connectivity index (χ0v) is 35.1. The highest BCUT2D eigenvalue weighted by molar-refractivity contribution is 6.04. The van der Waals surface area contributed by atoms with Crippen molar-refractivity contribution in [1.29, 1.82) is 0 Å². The number of hydrogen-bond acceptors (Lipinski definition) is 1. The van der Waals surface area contributed by atoms with Crippen LogP contribution < -0.4 is 4.90 Å². The van der Waals surface area contributed by atoms with Crippen molar-refractivity contribution >= 4 is 38.6 Å². The van der Waals surface area contributed by atoms with Gasteiger partial charge < -0.3 is 4.90 Å². The van der Waals surface area contributed by atoms with E-state index in [0.717, 1.165) is 5.69 Å². The van der Waals surface area contributed by atoms with Gasteiger partial charge in [-0.15, -0.1) is 0 Å². The van der Waals surface area contributed by atoms with E-state index in [4.69, 9.17) is 0 Å². The molecule has 1 nitrogen and oxygen atoms in total. The number of fused-ring (bicyclic) bond motifs is 11. The molecule has 0 atom stereocenters. The van der Waals surface area contributed by atoms with Gasteiger partial charge in [0.15, 0.2) is 0 Å². The molecule has 1 heteroatoms. The quantitative estimate of drug-likeness (QED) is 0.167. The Balaban J connectivity index is 1.12. The lowest BCUT2D eigenvalue weighted by Gasteiger charge is -2.45. The molecule has 1 spiro atoms. The van der Waals surface area contributed by atoms with Gasteiger partial charge in [0.2, 0.25) is 0 Å². The number of hydrogen-bond donors (Lipinski definition) is 0. The van der Waals surface area contributed by atoms with Crippen LogP contribution in [0, 0.1) is 0 Å². The first-order valence-electron chi connectivity index (χ1n) is 22.3. The van der Waals surface area contributed by atoms with Crippen LogP contribution in [0.2, 0.25) is 0 Å². The van der Waals surface area contributed by atoms with Crippen molar-refractivity contribution in [3.63, 3.8) is 0 Å². The number of para-hydroxylation sites is 1. The number of benzene rings is 11. The molecule has 298 valence electrons. The molecule has 0 fully saturated rings. The highest BCUT2D eigenvalue weighted by atomic mass is 15.2. The van der Waals surface area contributed by atoms with E-state index >= 15 is 0 Å². The van der Waals surface area contributed by atoms with Gasteiger partial charge in [-0.3, -0.25) is 0 Å². The zero-order chi connectivity index (χ0) is 42.2. The highest BCUT2D eigenvalue weighted by Crippen LogP contribution is 2.64. The Hall–Kier alpha value is -8.26. The second kappa shape index (κ2) is 14.4. The molecule has 0 radical (unpaired) electrons. The summed E-state index contributed by atoms with van der Waals surface area (Å²) in [5, 5.41) is 5.00. The van der Waals surface area contributed by atoms with E-state index < -0.39 is 5.41 Å². The maximum atomic E-state index is 2.52. The lowest BCUT2D eigenvalue weighted by molar-refractivity contribution is 0.753. The van der Waals surface area contributed by atoms with E-state index in [1.165, 1.54) is 111 Å². The van der Waals surface area contributed by atoms with Crippen LogP contribution in [0.15, 0.2) is 249 Å². The summed E-state index contributed by atoms with van der Waals surface area (Å²) in [7, 11) is 0. The van der Waals surface area contributed by atoms with Crippen LogP contribution in [-0.4, -0.2) is 0 Å². The topological polar surface area (TPSA) is 3.24 Å². The molecular weight excluding hydrogens is 771 g/mol. The van der Waals surface area contributed by atoms with Crippen molar-refractivity contribution in [2.45, 2.75) is 5.41 Å². The molecule has 64 heavy (non-hydrogen) atoms. The second-order valence-electron chi connectivity index (χ2n) is 17.1. The summed E-state index contributed by atoms with van der Waals surface area (Å²) in [5.41, 5.74) is 20.3. The average Bonchev–Trinajstić information content (AvgIpc) is 3.67. The van der Waals surface area contributed by atoms with E-state index in [0.29, 0.717) is 0 Å². The normalized spacial score (nSPS) is 13.1. The van der Waals surface area contributed by atoms with Gasteiger partial charge in [-0.25, -0.2) is 0 Å². The highest BCUT2D eigenvalue weighted by Gasteiger charge is 2.52. The Morgan fingerprint density at radius 3 is 1.12 bits per heavy atom. The number of nitrogens with zero attached hydrogens (tertiary/aromatic N) is 1. The molecule has 0 bridgehead atoms. The van der Waals surface area contributed by atoms with E-state index in [-0.39, 0.29) is 0 Å². The molecule has 11 aromatic carbocycles. The third-order valence-electron chi connectivity index (χ3n) is 13.9. The molecule has 1 aliphatic heterocycles. The minimum Gasteiger partial charge on any atom is -0.310 e. The Labute approximate surface area is 373 Å². The van der Waals surface area contributed by atoms with Crippen molar-refractivity contribution in [1.82, 2.24) is 0 Å². The minimum atomic E-state index is -0.627. The van der Waals surface area contributed by atoms with Gasteiger partial charge in [0.1, 0.15) is 0 Å². The van der Waals surface area contributed by atoms with E-state index in [1.807, 2.05) is 0 Å². The van der Waals surface area contributed by atoms with Crippen molar-refractivity contribution in [2.75, 3.05) is 4.90 Å². The van der Waals surface area contributed by atoms with Crippen LogP contribution >= 0.6 is 0 Å². The first kappa shape index (κ1) is 36.4. The fourth-order valence-electron chi connectivity index (χ4n) is 11.2. The summed E-state index contributed by atoms with van der Waals surface area (Å²) >= 11 is 0. The van der Waals surface area contributed by atoms with Gasteiger partial charge in [0, 0.05) is 5.69 Å². The van der Waals surface area contributed by atoms with Crippen LogP contribution in [0.25, 0.3) is 77.2 Å². The van der Waals surface area contributed by atoms with Crippen molar-refractivity contribution in [2.24, 2.45) is 0 Å². The monoisotopic (exact) mass is 811 g/mol. The van der Waals surface area contributed by atoms with Crippen molar-refractivity contribution in [3.05, 3.63) is 271 Å². The fraction of sp³-hybridized carbons (Fsp3) is 0.0159. The van der Waals surface area contributed by atoms with Crippen LogP contribution in [-0.2, 0) is 5.41 Å². The van der Waals surface area contributed by atoms with Crippen molar-refractivity contribution in [3.8, 4) is 55.6 Å². The Bertz CT molecular complexity index is 3400. The molecule has 0 saturated heterocycles. The molecule has 0 amide bonds. The predicted octanol–water partition coefficient (Wildman–Crippen LogP) is 16.8. The van der Waals surface area contributed by atoms with E-state index in [1.54, 1.807) is 0 Å². The molecule has 0 aromatic heterocycles. The van der Waals surface area contributed by atoms with Crippen LogP contribution in [0.3, 0.4) is 0 Å². The second-order valence-corrected chi connectivity index (χ2v) is 17.1. The van der Waals surface area contributed by atoms with Gasteiger partial charge in [-0.1, -0.05) is 212 Å². The third-order valence-corrected chi connectivity index (χ3v) is 13.9. The van der Waals surface area contributed by atoms with E-state index in [2.05, 4.69) is 254 Å². The summed E-state index contributed by atoms with van der Waals surface area (Å²) < 4.78 is 0. The van der Waals surface area contributed by atoms with E-state index in [9.17, 15) is 0 Å². The maximum absolute atomic E-state index is 2.52. The largest absolute Gasteiger partial charge is 0.310 e. The van der Waals surface area contributed by atoms with Gasteiger partial charge in [-0.2, -0.15) is 0 Å². The zero-order valence-electron chi connectivity index (χ0n) is 35.1. The summed E-state index contributed by atoms with van der Waals surface area (Å²) in [6.45, 7) is 0. The lowest BCUT2D eigenvalue weighted by atomic mass is 9.64.